The fourth-order valence-corrected chi connectivity index (χ4v) is 3.49. The molecule has 3 nitrogen and oxygen atoms in total. The second-order valence-electron chi connectivity index (χ2n) is 5.16. The van der Waals surface area contributed by atoms with Gasteiger partial charge in [-0.3, -0.25) is 10.1 Å². The normalized spacial score (nSPS) is 42.1. The van der Waals surface area contributed by atoms with Crippen LogP contribution in [0.5, 0.6) is 0 Å². The number of hydrogen-bond acceptors (Lipinski definition) is 2. The van der Waals surface area contributed by atoms with Gasteiger partial charge in [-0.1, -0.05) is 13.3 Å². The number of hydrogen-bond donors (Lipinski definition) is 0. The van der Waals surface area contributed by atoms with Gasteiger partial charge in [-0.15, -0.1) is 0 Å². The molecule has 0 heterocycles. The van der Waals surface area contributed by atoms with E-state index in [1.165, 1.54) is 12.8 Å². The van der Waals surface area contributed by atoms with Crippen molar-refractivity contribution in [3.8, 4) is 0 Å². The van der Waals surface area contributed by atoms with Gasteiger partial charge in [0.25, 0.3) is 0 Å². The summed E-state index contributed by atoms with van der Waals surface area (Å²) in [4.78, 5) is 11.2. The van der Waals surface area contributed by atoms with Crippen LogP contribution < -0.4 is 0 Å². The highest BCUT2D eigenvalue weighted by Gasteiger charge is 2.51. The largest absolute Gasteiger partial charge is 0.264 e. The van der Waals surface area contributed by atoms with E-state index in [2.05, 4.69) is 6.92 Å². The minimum Gasteiger partial charge on any atom is -0.264 e. The van der Waals surface area contributed by atoms with E-state index < -0.39 is 5.54 Å². The van der Waals surface area contributed by atoms with E-state index in [0.29, 0.717) is 11.8 Å². The van der Waals surface area contributed by atoms with Crippen molar-refractivity contribution in [3.63, 3.8) is 0 Å². The zero-order chi connectivity index (χ0) is 10.2. The van der Waals surface area contributed by atoms with Gasteiger partial charge in [-0.05, 0) is 31.1 Å². The number of nitrogens with zero attached hydrogens (tertiary/aromatic N) is 1. The molecule has 0 amide bonds. The molecule has 0 saturated heterocycles. The monoisotopic (exact) mass is 197 g/mol. The van der Waals surface area contributed by atoms with Gasteiger partial charge in [-0.25, -0.2) is 0 Å². The maximum Gasteiger partial charge on any atom is 0.222 e. The summed E-state index contributed by atoms with van der Waals surface area (Å²) in [5.41, 5.74) is -0.526. The Morgan fingerprint density at radius 1 is 1.50 bits per heavy atom. The fraction of sp³-hybridized carbons (Fsp3) is 1.00. The van der Waals surface area contributed by atoms with E-state index in [-0.39, 0.29) is 4.92 Å². The Kier molecular flexibility index (Phi) is 2.50. The molecule has 2 aliphatic carbocycles. The molecule has 2 aliphatic rings. The van der Waals surface area contributed by atoms with Crippen LogP contribution in [0, 0.1) is 22.0 Å². The molecule has 3 unspecified atom stereocenters. The quantitative estimate of drug-likeness (QED) is 0.504. The molecule has 14 heavy (non-hydrogen) atoms. The van der Waals surface area contributed by atoms with Gasteiger partial charge in [0.1, 0.15) is 0 Å². The van der Waals surface area contributed by atoms with Gasteiger partial charge in [0, 0.05) is 24.2 Å². The van der Waals surface area contributed by atoms with E-state index in [1.807, 2.05) is 0 Å². The third kappa shape index (κ3) is 1.53. The predicted molar refractivity (Wildman–Crippen MR) is 54.7 cm³/mol. The highest BCUT2D eigenvalue weighted by Crippen LogP contribution is 2.47. The Hall–Kier alpha value is -0.600. The van der Waals surface area contributed by atoms with Gasteiger partial charge in [0.15, 0.2) is 0 Å². The van der Waals surface area contributed by atoms with Crippen molar-refractivity contribution in [3.05, 3.63) is 10.1 Å². The van der Waals surface area contributed by atoms with Crippen LogP contribution in [-0.4, -0.2) is 10.5 Å². The summed E-state index contributed by atoms with van der Waals surface area (Å²) >= 11 is 0. The van der Waals surface area contributed by atoms with Gasteiger partial charge in [0.2, 0.25) is 5.54 Å². The molecule has 3 atom stereocenters. The highest BCUT2D eigenvalue weighted by atomic mass is 16.6. The average molecular weight is 197 g/mol. The predicted octanol–water partition coefficient (Wildman–Crippen LogP) is 3.01. The molecule has 3 heteroatoms. The molecule has 0 aromatic heterocycles. The van der Waals surface area contributed by atoms with Gasteiger partial charge < -0.3 is 0 Å². The minimum atomic E-state index is -0.526. The van der Waals surface area contributed by atoms with Crippen LogP contribution in [0.1, 0.15) is 51.9 Å². The zero-order valence-corrected chi connectivity index (χ0v) is 8.87. The lowest BCUT2D eigenvalue weighted by Crippen LogP contribution is -2.48. The minimum absolute atomic E-state index is 0.0287. The summed E-state index contributed by atoms with van der Waals surface area (Å²) in [5.74, 6) is 1.26. The van der Waals surface area contributed by atoms with Crippen molar-refractivity contribution in [2.75, 3.05) is 0 Å². The maximum atomic E-state index is 11.2. The van der Waals surface area contributed by atoms with E-state index >= 15 is 0 Å². The third-order valence-electron chi connectivity index (χ3n) is 4.22. The second-order valence-corrected chi connectivity index (χ2v) is 5.16. The molecule has 0 radical (unpaired) electrons. The number of nitro groups is 1. The Labute approximate surface area is 85.0 Å². The topological polar surface area (TPSA) is 43.1 Å². The molecule has 0 aromatic rings. The van der Waals surface area contributed by atoms with Gasteiger partial charge in [0.05, 0.1) is 0 Å². The number of rotatable bonds is 2. The molecule has 2 bridgehead atoms. The molecular weight excluding hydrogens is 178 g/mol. The lowest BCUT2D eigenvalue weighted by Gasteiger charge is -2.42. The van der Waals surface area contributed by atoms with Crippen LogP contribution in [0.15, 0.2) is 0 Å². The van der Waals surface area contributed by atoms with Crippen LogP contribution in [0.25, 0.3) is 0 Å². The Morgan fingerprint density at radius 2 is 2.29 bits per heavy atom. The van der Waals surface area contributed by atoms with Gasteiger partial charge >= 0.3 is 0 Å². The average Bonchev–Trinajstić information content (AvgIpc) is 2.17. The van der Waals surface area contributed by atoms with Crippen molar-refractivity contribution in [2.24, 2.45) is 11.8 Å². The molecule has 0 spiro atoms. The molecule has 0 aromatic carbocycles. The zero-order valence-electron chi connectivity index (χ0n) is 8.87. The van der Waals surface area contributed by atoms with Crippen molar-refractivity contribution >= 4 is 0 Å². The molecule has 0 N–H and O–H groups in total. The lowest BCUT2D eigenvalue weighted by atomic mass is 9.63. The summed E-state index contributed by atoms with van der Waals surface area (Å²) in [6.45, 7) is 2.17. The van der Waals surface area contributed by atoms with Crippen molar-refractivity contribution in [1.82, 2.24) is 0 Å². The Morgan fingerprint density at radius 3 is 2.93 bits per heavy atom. The van der Waals surface area contributed by atoms with E-state index in [9.17, 15) is 10.1 Å². The molecular formula is C11H19NO2. The third-order valence-corrected chi connectivity index (χ3v) is 4.22. The Balaban J connectivity index is 2.17. The van der Waals surface area contributed by atoms with E-state index in [0.717, 1.165) is 32.1 Å². The Bertz CT molecular complexity index is 241. The molecule has 2 fully saturated rings. The summed E-state index contributed by atoms with van der Waals surface area (Å²) in [7, 11) is 0. The maximum absolute atomic E-state index is 11.2. The fourth-order valence-electron chi connectivity index (χ4n) is 3.49. The first-order chi connectivity index (χ1) is 6.66. The first kappa shape index (κ1) is 9.94. The standard InChI is InChI=1S/C11H19NO2/c1-2-9-6-10-4-3-5-11(7-9,8-10)12(13)14/h9-10H,2-8H2,1H3. The van der Waals surface area contributed by atoms with Crippen LogP contribution in [0.2, 0.25) is 0 Å². The molecule has 2 saturated carbocycles. The van der Waals surface area contributed by atoms with Crippen LogP contribution in [0.3, 0.4) is 0 Å². The van der Waals surface area contributed by atoms with Crippen molar-refractivity contribution in [2.45, 2.75) is 57.4 Å². The van der Waals surface area contributed by atoms with E-state index in [4.69, 9.17) is 0 Å². The smallest absolute Gasteiger partial charge is 0.222 e. The first-order valence-electron chi connectivity index (χ1n) is 5.81. The van der Waals surface area contributed by atoms with E-state index in [1.54, 1.807) is 0 Å². The summed E-state index contributed by atoms with van der Waals surface area (Å²) in [6.07, 6.45) is 7.18. The van der Waals surface area contributed by atoms with Crippen molar-refractivity contribution in [1.29, 1.82) is 0 Å². The van der Waals surface area contributed by atoms with Crippen LogP contribution in [-0.2, 0) is 0 Å². The van der Waals surface area contributed by atoms with Crippen molar-refractivity contribution < 1.29 is 4.92 Å². The summed E-state index contributed by atoms with van der Waals surface area (Å²) < 4.78 is 0. The summed E-state index contributed by atoms with van der Waals surface area (Å²) in [5, 5.41) is 11.2. The van der Waals surface area contributed by atoms with Crippen LogP contribution >= 0.6 is 0 Å². The highest BCUT2D eigenvalue weighted by molar-refractivity contribution is 4.94. The lowest BCUT2D eigenvalue weighted by molar-refractivity contribution is -0.582. The molecule has 2 rings (SSSR count). The van der Waals surface area contributed by atoms with Crippen LogP contribution in [0.4, 0.5) is 0 Å². The number of fused-ring (bicyclic) bond motifs is 2. The second kappa shape index (κ2) is 3.52. The molecule has 0 aliphatic heterocycles. The summed E-state index contributed by atoms with van der Waals surface area (Å²) in [6, 6.07) is 0. The SMILES string of the molecule is CCC1CC2CCCC([N+](=O)[O-])(C1)C2. The molecule has 80 valence electrons. The van der Waals surface area contributed by atoms with Gasteiger partial charge in [-0.2, -0.15) is 0 Å². The first-order valence-corrected chi connectivity index (χ1v) is 5.81.